The number of nitro groups is 1. The molecule has 1 N–H and O–H groups in total. The highest BCUT2D eigenvalue weighted by Gasteiger charge is 2.22. The minimum Gasteiger partial charge on any atom is -0.478 e. The molecule has 6 heteroatoms. The van der Waals surface area contributed by atoms with E-state index in [2.05, 4.69) is 0 Å². The third-order valence-corrected chi connectivity index (χ3v) is 5.16. The summed E-state index contributed by atoms with van der Waals surface area (Å²) in [5.41, 5.74) is 0.960. The van der Waals surface area contributed by atoms with Crippen LogP contribution in [0.4, 0.5) is 0 Å². The van der Waals surface area contributed by atoms with Gasteiger partial charge in [0.1, 0.15) is 0 Å². The number of carbonyl (C=O) groups is 1. The molecule has 0 radical (unpaired) electrons. The second kappa shape index (κ2) is 7.36. The van der Waals surface area contributed by atoms with Gasteiger partial charge in [-0.3, -0.25) is 10.1 Å². The monoisotopic (exact) mass is 353 g/mol. The summed E-state index contributed by atoms with van der Waals surface area (Å²) < 4.78 is 0. The van der Waals surface area contributed by atoms with Crippen LogP contribution in [0.1, 0.15) is 21.2 Å². The SMILES string of the molecule is O=C(O)c1ccccc1SC(C[N+](=O)[O-])c1ccc2ccccc2c1. The normalized spacial score (nSPS) is 12.0. The number of nitrogens with zero attached hydrogens (tertiary/aromatic N) is 1. The fraction of sp³-hybridized carbons (Fsp3) is 0.105. The summed E-state index contributed by atoms with van der Waals surface area (Å²) in [4.78, 5) is 22.7. The Morgan fingerprint density at radius 2 is 1.72 bits per heavy atom. The van der Waals surface area contributed by atoms with Crippen molar-refractivity contribution in [3.63, 3.8) is 0 Å². The second-order valence-corrected chi connectivity index (χ2v) is 6.77. The molecule has 0 amide bonds. The van der Waals surface area contributed by atoms with Crippen molar-refractivity contribution in [1.29, 1.82) is 0 Å². The third kappa shape index (κ3) is 3.97. The fourth-order valence-corrected chi connectivity index (χ4v) is 3.88. The number of carboxylic acid groups (broad SMARTS) is 1. The Labute approximate surface area is 148 Å². The predicted octanol–water partition coefficient (Wildman–Crippen LogP) is 4.65. The first kappa shape index (κ1) is 17.0. The van der Waals surface area contributed by atoms with Crippen LogP contribution in [0, 0.1) is 10.1 Å². The van der Waals surface area contributed by atoms with Crippen molar-refractivity contribution in [1.82, 2.24) is 0 Å². The maximum Gasteiger partial charge on any atom is 0.336 e. The van der Waals surface area contributed by atoms with Crippen molar-refractivity contribution in [3.05, 3.63) is 88.0 Å². The molecule has 126 valence electrons. The van der Waals surface area contributed by atoms with Gasteiger partial charge in [-0.2, -0.15) is 0 Å². The zero-order valence-electron chi connectivity index (χ0n) is 13.2. The first-order valence-electron chi connectivity index (χ1n) is 7.64. The lowest BCUT2D eigenvalue weighted by Crippen LogP contribution is -2.10. The van der Waals surface area contributed by atoms with E-state index >= 15 is 0 Å². The molecule has 0 heterocycles. The van der Waals surface area contributed by atoms with Crippen LogP contribution in [0.5, 0.6) is 0 Å². The Balaban J connectivity index is 1.99. The van der Waals surface area contributed by atoms with Crippen LogP contribution in [0.3, 0.4) is 0 Å². The number of hydrogen-bond donors (Lipinski definition) is 1. The summed E-state index contributed by atoms with van der Waals surface area (Å²) in [5, 5.41) is 22.0. The van der Waals surface area contributed by atoms with E-state index in [9.17, 15) is 20.0 Å². The number of carboxylic acids is 1. The number of hydrogen-bond acceptors (Lipinski definition) is 4. The van der Waals surface area contributed by atoms with Gasteiger partial charge in [-0.05, 0) is 34.5 Å². The van der Waals surface area contributed by atoms with Gasteiger partial charge in [-0.1, -0.05) is 48.5 Å². The van der Waals surface area contributed by atoms with E-state index in [1.807, 2.05) is 42.5 Å². The molecule has 3 aromatic carbocycles. The molecule has 0 saturated heterocycles. The van der Waals surface area contributed by atoms with Gasteiger partial charge >= 0.3 is 5.97 Å². The van der Waals surface area contributed by atoms with Gasteiger partial charge in [0, 0.05) is 9.82 Å². The minimum absolute atomic E-state index is 0.154. The lowest BCUT2D eigenvalue weighted by atomic mass is 10.0. The second-order valence-electron chi connectivity index (χ2n) is 5.53. The average Bonchev–Trinajstić information content (AvgIpc) is 2.60. The van der Waals surface area contributed by atoms with Gasteiger partial charge in [0.2, 0.25) is 6.54 Å². The van der Waals surface area contributed by atoms with Crippen molar-refractivity contribution in [3.8, 4) is 0 Å². The molecule has 3 aromatic rings. The van der Waals surface area contributed by atoms with Crippen LogP contribution in [0.2, 0.25) is 0 Å². The number of rotatable bonds is 6. The van der Waals surface area contributed by atoms with Gasteiger partial charge in [0.05, 0.1) is 10.8 Å². The maximum atomic E-state index is 11.4. The molecule has 0 spiro atoms. The Bertz CT molecular complexity index is 941. The molecule has 0 saturated carbocycles. The molecule has 0 aliphatic heterocycles. The van der Waals surface area contributed by atoms with E-state index in [1.54, 1.807) is 18.2 Å². The van der Waals surface area contributed by atoms with Gasteiger partial charge in [0.25, 0.3) is 0 Å². The molecule has 25 heavy (non-hydrogen) atoms. The number of fused-ring (bicyclic) bond motifs is 1. The summed E-state index contributed by atoms with van der Waals surface area (Å²) in [6.45, 7) is -0.281. The van der Waals surface area contributed by atoms with Crippen LogP contribution in [0.15, 0.2) is 71.6 Å². The summed E-state index contributed by atoms with van der Waals surface area (Å²) in [6.07, 6.45) is 0. The zero-order valence-corrected chi connectivity index (χ0v) is 14.0. The highest BCUT2D eigenvalue weighted by Crippen LogP contribution is 2.38. The standard InChI is InChI=1S/C19H15NO4S/c21-19(22)16-7-3-4-8-17(16)25-18(12-20(23)24)15-10-9-13-5-1-2-6-14(13)11-15/h1-11,18H,12H2,(H,21,22). The van der Waals surface area contributed by atoms with E-state index in [-0.39, 0.29) is 17.0 Å². The van der Waals surface area contributed by atoms with Crippen molar-refractivity contribution in [2.45, 2.75) is 10.1 Å². The zero-order chi connectivity index (χ0) is 17.8. The van der Waals surface area contributed by atoms with Crippen LogP contribution in [-0.4, -0.2) is 22.5 Å². The number of benzene rings is 3. The first-order valence-corrected chi connectivity index (χ1v) is 8.52. The van der Waals surface area contributed by atoms with Crippen LogP contribution in [-0.2, 0) is 0 Å². The van der Waals surface area contributed by atoms with Gasteiger partial charge in [-0.25, -0.2) is 4.79 Å². The van der Waals surface area contributed by atoms with Gasteiger partial charge in [-0.15, -0.1) is 11.8 Å². The maximum absolute atomic E-state index is 11.4. The molecule has 0 aliphatic rings. The Hall–Kier alpha value is -2.86. The molecule has 0 aliphatic carbocycles. The molecule has 3 rings (SSSR count). The Kier molecular flexibility index (Phi) is 5.00. The third-order valence-electron chi connectivity index (χ3n) is 3.85. The fourth-order valence-electron chi connectivity index (χ4n) is 2.65. The largest absolute Gasteiger partial charge is 0.478 e. The molecular weight excluding hydrogens is 338 g/mol. The Morgan fingerprint density at radius 1 is 1.04 bits per heavy atom. The van der Waals surface area contributed by atoms with E-state index in [0.717, 1.165) is 16.3 Å². The number of aromatic carboxylic acids is 1. The van der Waals surface area contributed by atoms with Gasteiger partial charge in [0.15, 0.2) is 0 Å². The van der Waals surface area contributed by atoms with Crippen molar-refractivity contribution in [2.75, 3.05) is 6.54 Å². The summed E-state index contributed by atoms with van der Waals surface area (Å²) in [7, 11) is 0. The average molecular weight is 353 g/mol. The van der Waals surface area contributed by atoms with E-state index < -0.39 is 11.2 Å². The minimum atomic E-state index is -1.04. The molecular formula is C19H15NO4S. The summed E-state index contributed by atoms with van der Waals surface area (Å²) in [6, 6.07) is 20.1. The topological polar surface area (TPSA) is 80.4 Å². The van der Waals surface area contributed by atoms with Crippen molar-refractivity contribution < 1.29 is 14.8 Å². The molecule has 0 fully saturated rings. The molecule has 0 aromatic heterocycles. The van der Waals surface area contributed by atoms with Crippen LogP contribution in [0.25, 0.3) is 10.8 Å². The van der Waals surface area contributed by atoms with Crippen molar-refractivity contribution >= 4 is 28.5 Å². The first-order chi connectivity index (χ1) is 12.0. The molecule has 0 bridgehead atoms. The lowest BCUT2D eigenvalue weighted by molar-refractivity contribution is -0.479. The highest BCUT2D eigenvalue weighted by molar-refractivity contribution is 7.99. The summed E-state index contributed by atoms with van der Waals surface area (Å²) in [5.74, 6) is -1.04. The quantitative estimate of drug-likeness (QED) is 0.396. The molecule has 5 nitrogen and oxygen atoms in total. The highest BCUT2D eigenvalue weighted by atomic mass is 32.2. The van der Waals surface area contributed by atoms with E-state index in [4.69, 9.17) is 0 Å². The van der Waals surface area contributed by atoms with Crippen LogP contribution < -0.4 is 0 Å². The van der Waals surface area contributed by atoms with E-state index in [1.165, 1.54) is 17.8 Å². The smallest absolute Gasteiger partial charge is 0.336 e. The lowest BCUT2D eigenvalue weighted by Gasteiger charge is -2.15. The summed E-state index contributed by atoms with van der Waals surface area (Å²) >= 11 is 1.21. The molecule has 1 unspecified atom stereocenters. The molecule has 1 atom stereocenters. The predicted molar refractivity (Wildman–Crippen MR) is 97.8 cm³/mol. The van der Waals surface area contributed by atoms with Gasteiger partial charge < -0.3 is 5.11 Å². The number of thioether (sulfide) groups is 1. The Morgan fingerprint density at radius 3 is 2.44 bits per heavy atom. The van der Waals surface area contributed by atoms with Crippen molar-refractivity contribution in [2.24, 2.45) is 0 Å². The van der Waals surface area contributed by atoms with E-state index in [0.29, 0.717) is 4.90 Å². The van der Waals surface area contributed by atoms with Crippen LogP contribution >= 0.6 is 11.8 Å².